The molecular weight excluding hydrogens is 457 g/mol. The fraction of sp³-hybridized carbons (Fsp3) is 0.684. The topological polar surface area (TPSA) is 71.0 Å². The van der Waals surface area contributed by atoms with Crippen LogP contribution in [0.1, 0.15) is 26.3 Å². The summed E-state index contributed by atoms with van der Waals surface area (Å²) >= 11 is 0. The van der Waals surface area contributed by atoms with Crippen LogP contribution in [0.25, 0.3) is 0 Å². The number of hydrogen-bond acceptors (Lipinski definition) is 5. The predicted octanol–water partition coefficient (Wildman–Crippen LogP) is 2.12. The highest BCUT2D eigenvalue weighted by atomic mass is 127. The van der Waals surface area contributed by atoms with E-state index in [9.17, 15) is 0 Å². The third-order valence-electron chi connectivity index (χ3n) is 4.12. The summed E-state index contributed by atoms with van der Waals surface area (Å²) in [6, 6.07) is 3.91. The summed E-state index contributed by atoms with van der Waals surface area (Å²) in [5, 5.41) is 6.69. The lowest BCUT2D eigenvalue weighted by atomic mass is 10.2. The minimum atomic E-state index is 0. The largest absolute Gasteiger partial charge is 0.478 e. The van der Waals surface area contributed by atoms with Gasteiger partial charge < -0.3 is 20.1 Å². The number of guanidine groups is 1. The highest BCUT2D eigenvalue weighted by Crippen LogP contribution is 2.09. The van der Waals surface area contributed by atoms with Gasteiger partial charge in [0.05, 0.1) is 19.3 Å². The molecule has 0 amide bonds. The first-order valence-electron chi connectivity index (χ1n) is 9.47. The van der Waals surface area contributed by atoms with Crippen LogP contribution in [0.15, 0.2) is 23.3 Å². The van der Waals surface area contributed by atoms with Crippen molar-refractivity contribution in [2.75, 3.05) is 46.4 Å². The van der Waals surface area contributed by atoms with Gasteiger partial charge in [-0.3, -0.25) is 9.89 Å². The van der Waals surface area contributed by atoms with Crippen molar-refractivity contribution in [3.63, 3.8) is 0 Å². The molecule has 0 radical (unpaired) electrons. The minimum absolute atomic E-state index is 0. The minimum Gasteiger partial charge on any atom is -0.478 e. The zero-order valence-electron chi connectivity index (χ0n) is 16.9. The fourth-order valence-electron chi connectivity index (χ4n) is 2.99. The molecule has 7 nitrogen and oxygen atoms in total. The van der Waals surface area contributed by atoms with Gasteiger partial charge in [0, 0.05) is 52.0 Å². The number of nitrogens with one attached hydrogen (secondary N) is 2. The fourth-order valence-corrected chi connectivity index (χ4v) is 2.99. The predicted molar refractivity (Wildman–Crippen MR) is 120 cm³/mol. The maximum Gasteiger partial charge on any atom is 0.213 e. The van der Waals surface area contributed by atoms with Crippen LogP contribution in [0.4, 0.5) is 0 Å². The van der Waals surface area contributed by atoms with E-state index >= 15 is 0 Å². The Labute approximate surface area is 180 Å². The van der Waals surface area contributed by atoms with Gasteiger partial charge >= 0.3 is 0 Å². The molecule has 0 aliphatic carbocycles. The number of ether oxygens (including phenoxy) is 2. The number of morpholine rings is 1. The van der Waals surface area contributed by atoms with Crippen molar-refractivity contribution in [2.45, 2.75) is 33.4 Å². The highest BCUT2D eigenvalue weighted by Gasteiger charge is 2.21. The molecule has 0 saturated carbocycles. The highest BCUT2D eigenvalue weighted by molar-refractivity contribution is 14.0. The van der Waals surface area contributed by atoms with Crippen molar-refractivity contribution in [3.05, 3.63) is 23.9 Å². The van der Waals surface area contributed by atoms with Crippen LogP contribution in [-0.4, -0.2) is 68.4 Å². The van der Waals surface area contributed by atoms with Gasteiger partial charge in [0.25, 0.3) is 0 Å². The first-order valence-corrected chi connectivity index (χ1v) is 9.47. The van der Waals surface area contributed by atoms with E-state index in [1.807, 2.05) is 19.1 Å². The summed E-state index contributed by atoms with van der Waals surface area (Å²) in [6.45, 7) is 12.4. The van der Waals surface area contributed by atoms with E-state index in [2.05, 4.69) is 39.4 Å². The Morgan fingerprint density at radius 1 is 1.44 bits per heavy atom. The van der Waals surface area contributed by atoms with E-state index in [1.165, 1.54) is 0 Å². The number of aliphatic imine (C=N–C) groups is 1. The molecule has 27 heavy (non-hydrogen) atoms. The van der Waals surface area contributed by atoms with Gasteiger partial charge in [-0.2, -0.15) is 0 Å². The van der Waals surface area contributed by atoms with Crippen LogP contribution < -0.4 is 15.4 Å². The maximum absolute atomic E-state index is 5.88. The Balaban J connectivity index is 0.00000364. The lowest BCUT2D eigenvalue weighted by Crippen LogP contribution is -2.50. The van der Waals surface area contributed by atoms with Crippen LogP contribution in [-0.2, 0) is 11.3 Å². The van der Waals surface area contributed by atoms with Crippen molar-refractivity contribution in [3.8, 4) is 5.88 Å². The van der Waals surface area contributed by atoms with Crippen LogP contribution >= 0.6 is 24.0 Å². The van der Waals surface area contributed by atoms with Crippen molar-refractivity contribution < 1.29 is 9.47 Å². The summed E-state index contributed by atoms with van der Waals surface area (Å²) in [6.07, 6.45) is 1.95. The number of nitrogens with zero attached hydrogens (tertiary/aromatic N) is 3. The van der Waals surface area contributed by atoms with Crippen molar-refractivity contribution in [1.82, 2.24) is 20.5 Å². The summed E-state index contributed by atoms with van der Waals surface area (Å²) in [5.74, 6) is 2.10. The molecule has 2 N–H and O–H groups in total. The molecule has 1 unspecified atom stereocenters. The monoisotopic (exact) mass is 491 g/mol. The number of pyridine rings is 1. The first-order chi connectivity index (χ1) is 12.6. The summed E-state index contributed by atoms with van der Waals surface area (Å²) in [5.41, 5.74) is 1.10. The second kappa shape index (κ2) is 13.1. The molecule has 0 aromatic carbocycles. The van der Waals surface area contributed by atoms with Gasteiger partial charge in [-0.1, -0.05) is 13.8 Å². The molecule has 1 aromatic rings. The van der Waals surface area contributed by atoms with Gasteiger partial charge in [-0.25, -0.2) is 4.98 Å². The van der Waals surface area contributed by atoms with Gasteiger partial charge in [0.2, 0.25) is 5.88 Å². The van der Waals surface area contributed by atoms with Crippen LogP contribution in [0.3, 0.4) is 0 Å². The molecule has 1 aliphatic heterocycles. The summed E-state index contributed by atoms with van der Waals surface area (Å²) < 4.78 is 11.3. The lowest BCUT2D eigenvalue weighted by molar-refractivity contribution is -0.0284. The van der Waals surface area contributed by atoms with Crippen LogP contribution in [0.2, 0.25) is 0 Å². The Kier molecular flexibility index (Phi) is 11.6. The van der Waals surface area contributed by atoms with Gasteiger partial charge in [-0.05, 0) is 24.5 Å². The standard InChI is InChI=1S/C19H33N5O2.HI/c1-5-25-18-10-16(6-7-21-18)11-22-19(20-4)23-12-17-14-24(8-9-26-17)13-15(2)3;/h6-7,10,15,17H,5,8-9,11-14H2,1-4H3,(H2,20,22,23);1H. The van der Waals surface area contributed by atoms with E-state index in [0.29, 0.717) is 24.9 Å². The van der Waals surface area contributed by atoms with Gasteiger partial charge in [-0.15, -0.1) is 24.0 Å². The Bertz CT molecular complexity index is 571. The van der Waals surface area contributed by atoms with E-state index in [-0.39, 0.29) is 30.1 Å². The van der Waals surface area contributed by atoms with E-state index in [1.54, 1.807) is 13.2 Å². The molecule has 8 heteroatoms. The SMILES string of the molecule is CCOc1cc(CNC(=NC)NCC2CN(CC(C)C)CCO2)ccn1.I. The third kappa shape index (κ3) is 9.07. The first kappa shape index (κ1) is 23.9. The molecule has 0 bridgehead atoms. The average Bonchev–Trinajstić information content (AvgIpc) is 2.62. The summed E-state index contributed by atoms with van der Waals surface area (Å²) in [7, 11) is 1.78. The van der Waals surface area contributed by atoms with E-state index in [4.69, 9.17) is 9.47 Å². The molecule has 154 valence electrons. The third-order valence-corrected chi connectivity index (χ3v) is 4.12. The lowest BCUT2D eigenvalue weighted by Gasteiger charge is -2.34. The van der Waals surface area contributed by atoms with Crippen LogP contribution in [0, 0.1) is 5.92 Å². The maximum atomic E-state index is 5.88. The molecule has 1 aliphatic rings. The Morgan fingerprint density at radius 2 is 2.26 bits per heavy atom. The van der Waals surface area contributed by atoms with Crippen LogP contribution in [0.5, 0.6) is 5.88 Å². The number of hydrogen-bond donors (Lipinski definition) is 2. The molecule has 1 saturated heterocycles. The quantitative estimate of drug-likeness (QED) is 0.330. The molecule has 2 rings (SSSR count). The van der Waals surface area contributed by atoms with Gasteiger partial charge in [0.15, 0.2) is 5.96 Å². The summed E-state index contributed by atoms with van der Waals surface area (Å²) in [4.78, 5) is 11.0. The second-order valence-corrected chi connectivity index (χ2v) is 6.89. The van der Waals surface area contributed by atoms with Gasteiger partial charge in [0.1, 0.15) is 0 Å². The number of aromatic nitrogens is 1. The zero-order valence-corrected chi connectivity index (χ0v) is 19.2. The molecule has 1 aromatic heterocycles. The Hall–Kier alpha value is -1.13. The number of rotatable bonds is 8. The molecule has 2 heterocycles. The molecule has 1 fully saturated rings. The molecular formula is C19H34IN5O2. The van der Waals surface area contributed by atoms with Crippen molar-refractivity contribution >= 4 is 29.9 Å². The molecule has 0 spiro atoms. The van der Waals surface area contributed by atoms with Crippen molar-refractivity contribution in [1.29, 1.82) is 0 Å². The second-order valence-electron chi connectivity index (χ2n) is 6.89. The van der Waals surface area contributed by atoms with E-state index < -0.39 is 0 Å². The smallest absolute Gasteiger partial charge is 0.213 e. The zero-order chi connectivity index (χ0) is 18.8. The average molecular weight is 491 g/mol. The Morgan fingerprint density at radius 3 is 2.96 bits per heavy atom. The molecule has 1 atom stereocenters. The normalized spacial score (nSPS) is 18.1. The number of halogens is 1. The van der Waals surface area contributed by atoms with Crippen molar-refractivity contribution in [2.24, 2.45) is 10.9 Å². The van der Waals surface area contributed by atoms with E-state index in [0.717, 1.165) is 44.3 Å².